The lowest BCUT2D eigenvalue weighted by molar-refractivity contribution is -0.139. The van der Waals surface area contributed by atoms with Crippen LogP contribution in [0, 0.1) is 0 Å². The summed E-state index contributed by atoms with van der Waals surface area (Å²) in [4.78, 5) is 22.9. The van der Waals surface area contributed by atoms with Crippen molar-refractivity contribution in [1.29, 1.82) is 0 Å². The second-order valence-electron chi connectivity index (χ2n) is 5.24. The smallest absolute Gasteiger partial charge is 0.326 e. The van der Waals surface area contributed by atoms with E-state index in [0.717, 1.165) is 18.4 Å². The first-order valence-corrected chi connectivity index (χ1v) is 7.36. The van der Waals surface area contributed by atoms with E-state index < -0.39 is 18.0 Å². The molecule has 0 saturated heterocycles. The molecule has 5 nitrogen and oxygen atoms in total. The summed E-state index contributed by atoms with van der Waals surface area (Å²) in [6, 6.07) is 8.53. The topological polar surface area (TPSA) is 78.4 Å². The highest BCUT2D eigenvalue weighted by molar-refractivity contribution is 5.82. The summed E-state index contributed by atoms with van der Waals surface area (Å²) in [5, 5.41) is 14.4. The van der Waals surface area contributed by atoms with E-state index in [2.05, 4.69) is 10.6 Å². The molecule has 0 spiro atoms. The Balaban J connectivity index is 2.42. The maximum atomic E-state index is 11.8. The maximum absolute atomic E-state index is 11.8. The van der Waals surface area contributed by atoms with E-state index in [-0.39, 0.29) is 6.04 Å². The van der Waals surface area contributed by atoms with Gasteiger partial charge in [0.2, 0.25) is 0 Å². The number of carbonyl (C=O) groups is 2. The molecule has 2 atom stereocenters. The van der Waals surface area contributed by atoms with Crippen LogP contribution < -0.4 is 10.6 Å². The molecule has 0 bridgehead atoms. The van der Waals surface area contributed by atoms with E-state index in [1.165, 1.54) is 0 Å². The summed E-state index contributed by atoms with van der Waals surface area (Å²) in [5.41, 5.74) is 1.13. The van der Waals surface area contributed by atoms with E-state index in [1.54, 1.807) is 0 Å². The number of nitrogens with one attached hydrogen (secondary N) is 2. The number of carboxylic acids is 1. The Hall–Kier alpha value is -2.04. The molecular formula is C16H24N2O3. The summed E-state index contributed by atoms with van der Waals surface area (Å²) in [7, 11) is 0. The third-order valence-corrected chi connectivity index (χ3v) is 3.21. The van der Waals surface area contributed by atoms with Gasteiger partial charge < -0.3 is 15.7 Å². The van der Waals surface area contributed by atoms with Gasteiger partial charge in [-0.2, -0.15) is 0 Å². The zero-order chi connectivity index (χ0) is 15.7. The molecule has 1 aromatic rings. The Bertz CT molecular complexity index is 448. The van der Waals surface area contributed by atoms with Crippen molar-refractivity contribution in [2.75, 3.05) is 0 Å². The standard InChI is InChI=1S/C16H24N2O3/c1-3-4-10-14(15(19)20)18-16(21)17-12(2)11-13-8-6-5-7-9-13/h5-9,12,14H,3-4,10-11H2,1-2H3,(H,19,20)(H2,17,18,21). The van der Waals surface area contributed by atoms with Gasteiger partial charge in [0.1, 0.15) is 6.04 Å². The average Bonchev–Trinajstić information content (AvgIpc) is 2.44. The third kappa shape index (κ3) is 6.79. The monoisotopic (exact) mass is 292 g/mol. The number of aliphatic carboxylic acids is 1. The molecule has 21 heavy (non-hydrogen) atoms. The Kier molecular flexibility index (Phi) is 7.29. The summed E-state index contributed by atoms with van der Waals surface area (Å²) in [6.07, 6.45) is 2.83. The lowest BCUT2D eigenvalue weighted by Crippen LogP contribution is -2.48. The molecule has 3 N–H and O–H groups in total. The van der Waals surface area contributed by atoms with Gasteiger partial charge in [-0.25, -0.2) is 9.59 Å². The first kappa shape index (κ1) is 17.0. The van der Waals surface area contributed by atoms with Crippen LogP contribution in [0.4, 0.5) is 4.79 Å². The molecule has 0 saturated carbocycles. The zero-order valence-corrected chi connectivity index (χ0v) is 12.6. The minimum atomic E-state index is -0.991. The van der Waals surface area contributed by atoms with Gasteiger partial charge in [0.15, 0.2) is 0 Å². The molecule has 2 amide bonds. The molecule has 0 radical (unpaired) electrons. The second-order valence-corrected chi connectivity index (χ2v) is 5.24. The lowest BCUT2D eigenvalue weighted by Gasteiger charge is -2.18. The molecule has 0 aliphatic carbocycles. The van der Waals surface area contributed by atoms with Gasteiger partial charge in [-0.05, 0) is 25.3 Å². The fourth-order valence-electron chi connectivity index (χ4n) is 2.11. The molecule has 0 aromatic heterocycles. The van der Waals surface area contributed by atoms with Gasteiger partial charge in [0.25, 0.3) is 0 Å². The molecule has 5 heteroatoms. The van der Waals surface area contributed by atoms with Gasteiger partial charge in [-0.3, -0.25) is 0 Å². The van der Waals surface area contributed by atoms with Crippen molar-refractivity contribution in [2.45, 2.75) is 51.6 Å². The van der Waals surface area contributed by atoms with Crippen LogP contribution in [0.5, 0.6) is 0 Å². The molecule has 0 heterocycles. The van der Waals surface area contributed by atoms with Crippen LogP contribution in [0.15, 0.2) is 30.3 Å². The number of carbonyl (C=O) groups excluding carboxylic acids is 1. The molecule has 1 rings (SSSR count). The predicted octanol–water partition coefficient (Wildman–Crippen LogP) is 2.56. The van der Waals surface area contributed by atoms with E-state index >= 15 is 0 Å². The number of hydrogen-bond donors (Lipinski definition) is 3. The van der Waals surface area contributed by atoms with Crippen LogP contribution in [0.1, 0.15) is 38.7 Å². The van der Waals surface area contributed by atoms with Crippen molar-refractivity contribution >= 4 is 12.0 Å². The Morgan fingerprint density at radius 3 is 2.43 bits per heavy atom. The molecule has 1 aromatic carbocycles. The normalized spacial score (nSPS) is 13.2. The van der Waals surface area contributed by atoms with E-state index in [1.807, 2.05) is 44.2 Å². The van der Waals surface area contributed by atoms with Crippen LogP contribution in [0.3, 0.4) is 0 Å². The van der Waals surface area contributed by atoms with Crippen molar-refractivity contribution in [3.63, 3.8) is 0 Å². The van der Waals surface area contributed by atoms with Crippen LogP contribution in [-0.4, -0.2) is 29.2 Å². The summed E-state index contributed by atoms with van der Waals surface area (Å²) in [5.74, 6) is -0.991. The Labute approximate surface area is 125 Å². The molecular weight excluding hydrogens is 268 g/mol. The zero-order valence-electron chi connectivity index (χ0n) is 12.6. The fraction of sp³-hybridized carbons (Fsp3) is 0.500. The summed E-state index contributed by atoms with van der Waals surface area (Å²) in [6.45, 7) is 3.88. The van der Waals surface area contributed by atoms with Crippen LogP contribution in [0.2, 0.25) is 0 Å². The van der Waals surface area contributed by atoms with Gasteiger partial charge >= 0.3 is 12.0 Å². The van der Waals surface area contributed by atoms with Crippen LogP contribution >= 0.6 is 0 Å². The highest BCUT2D eigenvalue weighted by atomic mass is 16.4. The largest absolute Gasteiger partial charge is 0.480 e. The minimum Gasteiger partial charge on any atom is -0.480 e. The van der Waals surface area contributed by atoms with Crippen LogP contribution in [0.25, 0.3) is 0 Å². The highest BCUT2D eigenvalue weighted by Gasteiger charge is 2.19. The van der Waals surface area contributed by atoms with E-state index in [0.29, 0.717) is 12.8 Å². The number of amides is 2. The maximum Gasteiger partial charge on any atom is 0.326 e. The molecule has 0 fully saturated rings. The number of carboxylic acid groups (broad SMARTS) is 1. The first-order chi connectivity index (χ1) is 10.0. The van der Waals surface area contributed by atoms with E-state index in [9.17, 15) is 9.59 Å². The first-order valence-electron chi connectivity index (χ1n) is 7.36. The van der Waals surface area contributed by atoms with E-state index in [4.69, 9.17) is 5.11 Å². The third-order valence-electron chi connectivity index (χ3n) is 3.21. The van der Waals surface area contributed by atoms with Gasteiger partial charge in [0.05, 0.1) is 0 Å². The van der Waals surface area contributed by atoms with Gasteiger partial charge in [-0.1, -0.05) is 50.1 Å². The number of unbranched alkanes of at least 4 members (excludes halogenated alkanes) is 1. The van der Waals surface area contributed by atoms with Crippen molar-refractivity contribution < 1.29 is 14.7 Å². The Morgan fingerprint density at radius 1 is 1.19 bits per heavy atom. The summed E-state index contributed by atoms with van der Waals surface area (Å²) < 4.78 is 0. The number of hydrogen-bond acceptors (Lipinski definition) is 2. The number of rotatable bonds is 8. The molecule has 116 valence electrons. The fourth-order valence-corrected chi connectivity index (χ4v) is 2.11. The number of urea groups is 1. The van der Waals surface area contributed by atoms with Crippen molar-refractivity contribution in [3.8, 4) is 0 Å². The summed E-state index contributed by atoms with van der Waals surface area (Å²) >= 11 is 0. The van der Waals surface area contributed by atoms with Crippen molar-refractivity contribution in [3.05, 3.63) is 35.9 Å². The lowest BCUT2D eigenvalue weighted by atomic mass is 10.1. The van der Waals surface area contributed by atoms with Crippen molar-refractivity contribution in [2.24, 2.45) is 0 Å². The minimum absolute atomic E-state index is 0.0620. The molecule has 0 aliphatic heterocycles. The number of benzene rings is 1. The molecule has 2 unspecified atom stereocenters. The van der Waals surface area contributed by atoms with Crippen LogP contribution in [-0.2, 0) is 11.2 Å². The highest BCUT2D eigenvalue weighted by Crippen LogP contribution is 2.03. The Morgan fingerprint density at radius 2 is 1.86 bits per heavy atom. The van der Waals surface area contributed by atoms with Crippen molar-refractivity contribution in [1.82, 2.24) is 10.6 Å². The second kappa shape index (κ2) is 9.00. The van der Waals surface area contributed by atoms with Gasteiger partial charge in [-0.15, -0.1) is 0 Å². The SMILES string of the molecule is CCCCC(NC(=O)NC(C)Cc1ccccc1)C(=O)O. The van der Waals surface area contributed by atoms with Gasteiger partial charge in [0, 0.05) is 6.04 Å². The quantitative estimate of drug-likeness (QED) is 0.689. The average molecular weight is 292 g/mol. The molecule has 0 aliphatic rings. The predicted molar refractivity (Wildman–Crippen MR) is 82.2 cm³/mol.